The van der Waals surface area contributed by atoms with Gasteiger partial charge in [0.2, 0.25) is 0 Å². The van der Waals surface area contributed by atoms with Crippen molar-refractivity contribution in [1.82, 2.24) is 9.88 Å². The quantitative estimate of drug-likeness (QED) is 0.773. The van der Waals surface area contributed by atoms with Gasteiger partial charge < -0.3 is 15.3 Å². The normalized spacial score (nSPS) is 10.1. The zero-order valence-corrected chi connectivity index (χ0v) is 10.3. The highest BCUT2D eigenvalue weighted by atomic mass is 16.3. The molecule has 0 atom stereocenters. The molecule has 94 valence electrons. The summed E-state index contributed by atoms with van der Waals surface area (Å²) in [5, 5.41) is 11.7. The number of nitrogens with one attached hydrogen (secondary N) is 1. The van der Waals surface area contributed by atoms with Crippen molar-refractivity contribution in [2.45, 2.75) is 13.3 Å². The van der Waals surface area contributed by atoms with E-state index in [1.54, 1.807) is 30.3 Å². The first-order chi connectivity index (χ1) is 8.24. The van der Waals surface area contributed by atoms with Gasteiger partial charge in [-0.15, -0.1) is 0 Å². The van der Waals surface area contributed by atoms with Crippen molar-refractivity contribution in [2.75, 3.05) is 32.1 Å². The van der Waals surface area contributed by atoms with E-state index in [9.17, 15) is 4.79 Å². The Morgan fingerprint density at radius 1 is 1.59 bits per heavy atom. The number of nitrogens with zero attached hydrogens (tertiary/aromatic N) is 2. The molecule has 17 heavy (non-hydrogen) atoms. The molecule has 0 unspecified atom stereocenters. The minimum Gasteiger partial charge on any atom is -0.396 e. The number of anilines is 1. The number of pyridine rings is 1. The van der Waals surface area contributed by atoms with Crippen molar-refractivity contribution in [1.29, 1.82) is 0 Å². The zero-order chi connectivity index (χ0) is 12.7. The van der Waals surface area contributed by atoms with Gasteiger partial charge in [0, 0.05) is 32.9 Å². The second kappa shape index (κ2) is 6.85. The van der Waals surface area contributed by atoms with Gasteiger partial charge in [-0.2, -0.15) is 0 Å². The smallest absolute Gasteiger partial charge is 0.257 e. The number of rotatable bonds is 6. The summed E-state index contributed by atoms with van der Waals surface area (Å²) in [7, 11) is 1.74. The van der Waals surface area contributed by atoms with Gasteiger partial charge in [0.1, 0.15) is 5.82 Å². The fourth-order valence-electron chi connectivity index (χ4n) is 1.61. The first-order valence-corrected chi connectivity index (χ1v) is 5.77. The van der Waals surface area contributed by atoms with Crippen LogP contribution >= 0.6 is 0 Å². The lowest BCUT2D eigenvalue weighted by Crippen LogP contribution is -2.32. The maximum atomic E-state index is 12.2. The summed E-state index contributed by atoms with van der Waals surface area (Å²) in [6, 6.07) is 3.50. The van der Waals surface area contributed by atoms with E-state index in [1.807, 2.05) is 6.92 Å². The van der Waals surface area contributed by atoms with Crippen LogP contribution in [0.4, 0.5) is 5.82 Å². The summed E-state index contributed by atoms with van der Waals surface area (Å²) in [5.41, 5.74) is 0.565. The molecule has 5 heteroatoms. The van der Waals surface area contributed by atoms with Gasteiger partial charge in [-0.25, -0.2) is 4.98 Å². The summed E-state index contributed by atoms with van der Waals surface area (Å²) in [6.45, 7) is 3.20. The van der Waals surface area contributed by atoms with Crippen LogP contribution in [0.1, 0.15) is 23.7 Å². The summed E-state index contributed by atoms with van der Waals surface area (Å²) in [4.78, 5) is 18.0. The highest BCUT2D eigenvalue weighted by Gasteiger charge is 2.17. The second-order valence-electron chi connectivity index (χ2n) is 3.61. The number of aromatic nitrogens is 1. The van der Waals surface area contributed by atoms with Crippen LogP contribution in [0.25, 0.3) is 0 Å². The summed E-state index contributed by atoms with van der Waals surface area (Å²) in [5.74, 6) is 0.526. The van der Waals surface area contributed by atoms with Crippen LogP contribution in [0.3, 0.4) is 0 Å². The van der Waals surface area contributed by atoms with Crippen molar-refractivity contribution < 1.29 is 9.90 Å². The van der Waals surface area contributed by atoms with Gasteiger partial charge in [0.25, 0.3) is 5.91 Å². The van der Waals surface area contributed by atoms with E-state index in [0.717, 1.165) is 0 Å². The average Bonchev–Trinajstić information content (AvgIpc) is 2.39. The Morgan fingerprint density at radius 2 is 2.35 bits per heavy atom. The van der Waals surface area contributed by atoms with Gasteiger partial charge in [0.05, 0.1) is 5.56 Å². The van der Waals surface area contributed by atoms with E-state index in [2.05, 4.69) is 10.3 Å². The van der Waals surface area contributed by atoms with Crippen LogP contribution in [0, 0.1) is 0 Å². The number of carbonyl (C=O) groups is 1. The maximum absolute atomic E-state index is 12.2. The van der Waals surface area contributed by atoms with Crippen molar-refractivity contribution in [3.8, 4) is 0 Å². The molecule has 0 aliphatic rings. The monoisotopic (exact) mass is 237 g/mol. The molecule has 2 N–H and O–H groups in total. The van der Waals surface area contributed by atoms with Crippen molar-refractivity contribution in [2.24, 2.45) is 0 Å². The highest BCUT2D eigenvalue weighted by Crippen LogP contribution is 2.13. The lowest BCUT2D eigenvalue weighted by molar-refractivity contribution is 0.0755. The van der Waals surface area contributed by atoms with Gasteiger partial charge in [-0.3, -0.25) is 4.79 Å². The largest absolute Gasteiger partial charge is 0.396 e. The molecular weight excluding hydrogens is 218 g/mol. The first kappa shape index (κ1) is 13.4. The molecular formula is C12H19N3O2. The van der Waals surface area contributed by atoms with Crippen LogP contribution in [0.5, 0.6) is 0 Å². The van der Waals surface area contributed by atoms with E-state index in [0.29, 0.717) is 30.9 Å². The molecule has 0 radical (unpaired) electrons. The highest BCUT2D eigenvalue weighted by molar-refractivity contribution is 5.98. The number of aliphatic hydroxyl groups is 1. The second-order valence-corrected chi connectivity index (χ2v) is 3.61. The Labute approximate surface area is 101 Å². The molecule has 0 bridgehead atoms. The number of amides is 1. The molecule has 0 saturated heterocycles. The maximum Gasteiger partial charge on any atom is 0.257 e. The zero-order valence-electron chi connectivity index (χ0n) is 10.3. The van der Waals surface area contributed by atoms with Gasteiger partial charge >= 0.3 is 0 Å². The predicted molar refractivity (Wildman–Crippen MR) is 67.1 cm³/mol. The molecule has 0 spiro atoms. The lowest BCUT2D eigenvalue weighted by atomic mass is 10.2. The molecule has 1 aromatic rings. The Kier molecular flexibility index (Phi) is 5.42. The first-order valence-electron chi connectivity index (χ1n) is 5.77. The molecule has 0 fully saturated rings. The summed E-state index contributed by atoms with van der Waals surface area (Å²) in [6.07, 6.45) is 2.24. The SMILES string of the molecule is CCN(CCCO)C(=O)c1cccnc1NC. The van der Waals surface area contributed by atoms with E-state index in [1.165, 1.54) is 0 Å². The fraction of sp³-hybridized carbons (Fsp3) is 0.500. The minimum atomic E-state index is -0.0570. The summed E-state index contributed by atoms with van der Waals surface area (Å²) >= 11 is 0. The molecule has 1 rings (SSSR count). The van der Waals surface area contributed by atoms with Crippen LogP contribution in [-0.2, 0) is 0 Å². The molecule has 1 heterocycles. The predicted octanol–water partition coefficient (Wildman–Crippen LogP) is 0.968. The molecule has 0 aromatic carbocycles. The van der Waals surface area contributed by atoms with Gasteiger partial charge in [-0.1, -0.05) is 0 Å². The standard InChI is InChI=1S/C12H19N3O2/c1-3-15(8-5-9-16)12(17)10-6-4-7-14-11(10)13-2/h4,6-7,16H,3,5,8-9H2,1-2H3,(H,13,14). The van der Waals surface area contributed by atoms with Crippen LogP contribution in [0.2, 0.25) is 0 Å². The van der Waals surface area contributed by atoms with Crippen molar-refractivity contribution in [3.63, 3.8) is 0 Å². The average molecular weight is 237 g/mol. The third-order valence-electron chi connectivity index (χ3n) is 2.53. The third-order valence-corrected chi connectivity index (χ3v) is 2.53. The molecule has 0 aliphatic heterocycles. The molecule has 0 aliphatic carbocycles. The molecule has 0 saturated carbocycles. The fourth-order valence-corrected chi connectivity index (χ4v) is 1.61. The Bertz CT molecular complexity index is 369. The van der Waals surface area contributed by atoms with E-state index in [-0.39, 0.29) is 12.5 Å². The summed E-state index contributed by atoms with van der Waals surface area (Å²) < 4.78 is 0. The third kappa shape index (κ3) is 3.42. The van der Waals surface area contributed by atoms with Crippen LogP contribution in [0.15, 0.2) is 18.3 Å². The van der Waals surface area contributed by atoms with Gasteiger partial charge in [0.15, 0.2) is 0 Å². The number of carbonyl (C=O) groups excluding carboxylic acids is 1. The number of aliphatic hydroxyl groups excluding tert-OH is 1. The van der Waals surface area contributed by atoms with Crippen molar-refractivity contribution >= 4 is 11.7 Å². The lowest BCUT2D eigenvalue weighted by Gasteiger charge is -2.21. The van der Waals surface area contributed by atoms with Crippen LogP contribution < -0.4 is 5.32 Å². The van der Waals surface area contributed by atoms with Crippen molar-refractivity contribution in [3.05, 3.63) is 23.9 Å². The van der Waals surface area contributed by atoms with Gasteiger partial charge in [-0.05, 0) is 25.5 Å². The number of hydrogen-bond donors (Lipinski definition) is 2. The molecule has 1 amide bonds. The Balaban J connectivity index is 2.85. The van der Waals surface area contributed by atoms with E-state index < -0.39 is 0 Å². The van der Waals surface area contributed by atoms with E-state index >= 15 is 0 Å². The Morgan fingerprint density at radius 3 is 2.94 bits per heavy atom. The minimum absolute atomic E-state index is 0.0570. The Hall–Kier alpha value is -1.62. The molecule has 1 aromatic heterocycles. The molecule has 5 nitrogen and oxygen atoms in total. The van der Waals surface area contributed by atoms with Crippen LogP contribution in [-0.4, -0.2) is 47.6 Å². The topological polar surface area (TPSA) is 65.5 Å². The van der Waals surface area contributed by atoms with E-state index in [4.69, 9.17) is 5.11 Å². The number of hydrogen-bond acceptors (Lipinski definition) is 4.